The van der Waals surface area contributed by atoms with Crippen LogP contribution in [0.2, 0.25) is 0 Å². The molecule has 0 saturated carbocycles. The molecule has 0 unspecified atom stereocenters. The van der Waals surface area contributed by atoms with Crippen LogP contribution >= 0.6 is 0 Å². The van der Waals surface area contributed by atoms with Crippen LogP contribution in [0.3, 0.4) is 0 Å². The number of hydrogen-bond acceptors (Lipinski definition) is 1. The topological polar surface area (TPSA) is 37.8 Å². The summed E-state index contributed by atoms with van der Waals surface area (Å²) in [6, 6.07) is 9.72. The van der Waals surface area contributed by atoms with Crippen LogP contribution in [0.1, 0.15) is 32.0 Å². The maximum Gasteiger partial charge on any atom is 0.274 e. The van der Waals surface area contributed by atoms with E-state index < -0.39 is 0 Å². The number of para-hydroxylation sites is 1. The van der Waals surface area contributed by atoms with Crippen LogP contribution in [-0.4, -0.2) is 9.78 Å². The molecule has 0 spiro atoms. The van der Waals surface area contributed by atoms with Gasteiger partial charge in [-0.1, -0.05) is 39.0 Å². The van der Waals surface area contributed by atoms with Gasteiger partial charge in [0.1, 0.15) is 0 Å². The molecule has 0 bridgehead atoms. The molecule has 3 heteroatoms. The Kier molecular flexibility index (Phi) is 3.70. The van der Waals surface area contributed by atoms with Crippen LogP contribution in [0, 0.1) is 5.92 Å². The minimum absolute atomic E-state index is 0.0896. The molecular formula is C15H20N2O. The van der Waals surface area contributed by atoms with Gasteiger partial charge in [-0.2, -0.15) is 0 Å². The summed E-state index contributed by atoms with van der Waals surface area (Å²) >= 11 is 0. The van der Waals surface area contributed by atoms with Gasteiger partial charge in [0.05, 0.1) is 5.69 Å². The molecule has 96 valence electrons. The third kappa shape index (κ3) is 2.40. The highest BCUT2D eigenvalue weighted by Gasteiger charge is 2.14. The van der Waals surface area contributed by atoms with Crippen LogP contribution in [-0.2, 0) is 12.8 Å². The van der Waals surface area contributed by atoms with Crippen molar-refractivity contribution in [2.24, 2.45) is 5.92 Å². The molecule has 18 heavy (non-hydrogen) atoms. The highest BCUT2D eigenvalue weighted by molar-refractivity contribution is 5.33. The zero-order chi connectivity index (χ0) is 13.1. The Labute approximate surface area is 107 Å². The van der Waals surface area contributed by atoms with Gasteiger partial charge in [0.25, 0.3) is 5.56 Å². The standard InChI is InChI=1S/C15H20N2O/c1-4-14-13(10-11(2)3)15(18)17(16-14)12-8-6-5-7-9-12/h5-9,11,16H,4,10H2,1-3H3. The van der Waals surface area contributed by atoms with E-state index in [0.29, 0.717) is 5.92 Å². The second-order valence-electron chi connectivity index (χ2n) is 5.00. The van der Waals surface area contributed by atoms with Gasteiger partial charge in [-0.25, -0.2) is 4.68 Å². The molecule has 0 saturated heterocycles. The second-order valence-corrected chi connectivity index (χ2v) is 5.00. The average Bonchev–Trinajstić information content (AvgIpc) is 2.67. The van der Waals surface area contributed by atoms with Crippen molar-refractivity contribution < 1.29 is 0 Å². The molecule has 1 heterocycles. The Balaban J connectivity index is 2.51. The Morgan fingerprint density at radius 1 is 1.22 bits per heavy atom. The van der Waals surface area contributed by atoms with Gasteiger partial charge >= 0.3 is 0 Å². The predicted octanol–water partition coefficient (Wildman–Crippen LogP) is 2.93. The van der Waals surface area contributed by atoms with E-state index in [0.717, 1.165) is 29.8 Å². The number of rotatable bonds is 4. The normalized spacial score (nSPS) is 11.1. The number of nitrogens with zero attached hydrogens (tertiary/aromatic N) is 1. The molecule has 0 fully saturated rings. The molecule has 2 rings (SSSR count). The lowest BCUT2D eigenvalue weighted by Crippen LogP contribution is -2.18. The molecule has 0 atom stereocenters. The van der Waals surface area contributed by atoms with Crippen molar-refractivity contribution in [3.05, 3.63) is 51.9 Å². The van der Waals surface area contributed by atoms with E-state index in [1.165, 1.54) is 0 Å². The lowest BCUT2D eigenvalue weighted by atomic mass is 10.0. The summed E-state index contributed by atoms with van der Waals surface area (Å²) in [6.07, 6.45) is 1.69. The number of hydrogen-bond donors (Lipinski definition) is 1. The van der Waals surface area contributed by atoms with Crippen LogP contribution < -0.4 is 5.56 Å². The zero-order valence-electron chi connectivity index (χ0n) is 11.2. The first-order valence-corrected chi connectivity index (χ1v) is 6.51. The van der Waals surface area contributed by atoms with Gasteiger partial charge in [0.15, 0.2) is 0 Å². The predicted molar refractivity (Wildman–Crippen MR) is 74.3 cm³/mol. The summed E-state index contributed by atoms with van der Waals surface area (Å²) < 4.78 is 1.65. The monoisotopic (exact) mass is 244 g/mol. The van der Waals surface area contributed by atoms with Crippen molar-refractivity contribution in [3.63, 3.8) is 0 Å². The van der Waals surface area contributed by atoms with E-state index in [1.54, 1.807) is 4.68 Å². The van der Waals surface area contributed by atoms with E-state index in [1.807, 2.05) is 30.3 Å². The molecule has 0 radical (unpaired) electrons. The molecule has 0 amide bonds. The number of aryl methyl sites for hydroxylation is 1. The van der Waals surface area contributed by atoms with E-state index in [2.05, 4.69) is 25.9 Å². The summed E-state index contributed by atoms with van der Waals surface area (Å²) in [5, 5.41) is 3.23. The maximum atomic E-state index is 12.4. The summed E-state index contributed by atoms with van der Waals surface area (Å²) in [5.74, 6) is 0.489. The molecule has 1 aromatic heterocycles. The van der Waals surface area contributed by atoms with E-state index in [-0.39, 0.29) is 5.56 Å². The van der Waals surface area contributed by atoms with Gasteiger partial charge in [-0.15, -0.1) is 0 Å². The van der Waals surface area contributed by atoms with Gasteiger partial charge in [0.2, 0.25) is 0 Å². The Morgan fingerprint density at radius 2 is 1.89 bits per heavy atom. The number of nitrogens with one attached hydrogen (secondary N) is 1. The highest BCUT2D eigenvalue weighted by atomic mass is 16.1. The second kappa shape index (κ2) is 5.25. The average molecular weight is 244 g/mol. The molecular weight excluding hydrogens is 224 g/mol. The van der Waals surface area contributed by atoms with Gasteiger partial charge in [-0.05, 0) is 30.9 Å². The maximum absolute atomic E-state index is 12.4. The van der Waals surface area contributed by atoms with Crippen molar-refractivity contribution >= 4 is 0 Å². The molecule has 3 nitrogen and oxygen atoms in total. The summed E-state index contributed by atoms with van der Waals surface area (Å²) in [4.78, 5) is 12.4. The zero-order valence-corrected chi connectivity index (χ0v) is 11.2. The van der Waals surface area contributed by atoms with Crippen LogP contribution in [0.5, 0.6) is 0 Å². The molecule has 1 aromatic carbocycles. The molecule has 0 aliphatic carbocycles. The van der Waals surface area contributed by atoms with Gasteiger partial charge in [-0.3, -0.25) is 9.89 Å². The molecule has 2 aromatic rings. The summed E-state index contributed by atoms with van der Waals surface area (Å²) in [7, 11) is 0. The number of H-pyrrole nitrogens is 1. The van der Waals surface area contributed by atoms with Gasteiger partial charge < -0.3 is 0 Å². The SMILES string of the molecule is CCc1[nH]n(-c2ccccc2)c(=O)c1CC(C)C. The third-order valence-corrected chi connectivity index (χ3v) is 3.05. The third-order valence-electron chi connectivity index (χ3n) is 3.05. The Bertz CT molecular complexity index is 564. The number of aromatic amines is 1. The lowest BCUT2D eigenvalue weighted by molar-refractivity contribution is 0.640. The highest BCUT2D eigenvalue weighted by Crippen LogP contribution is 2.12. The first-order valence-electron chi connectivity index (χ1n) is 6.51. The molecule has 1 N–H and O–H groups in total. The van der Waals surface area contributed by atoms with Crippen molar-refractivity contribution in [1.29, 1.82) is 0 Å². The van der Waals surface area contributed by atoms with Crippen molar-refractivity contribution in [2.75, 3.05) is 0 Å². The number of aromatic nitrogens is 2. The summed E-state index contributed by atoms with van der Waals surface area (Å²) in [6.45, 7) is 6.35. The van der Waals surface area contributed by atoms with Crippen molar-refractivity contribution in [2.45, 2.75) is 33.6 Å². The van der Waals surface area contributed by atoms with Crippen molar-refractivity contribution in [1.82, 2.24) is 9.78 Å². The minimum atomic E-state index is 0.0896. The van der Waals surface area contributed by atoms with Crippen LogP contribution in [0.4, 0.5) is 0 Å². The molecule has 0 aliphatic rings. The first kappa shape index (κ1) is 12.7. The Morgan fingerprint density at radius 3 is 2.44 bits per heavy atom. The largest absolute Gasteiger partial charge is 0.295 e. The number of benzene rings is 1. The fraction of sp³-hybridized carbons (Fsp3) is 0.400. The summed E-state index contributed by atoms with van der Waals surface area (Å²) in [5.41, 5.74) is 2.97. The van der Waals surface area contributed by atoms with E-state index in [4.69, 9.17) is 0 Å². The fourth-order valence-corrected chi connectivity index (χ4v) is 2.19. The fourth-order valence-electron chi connectivity index (χ4n) is 2.19. The first-order chi connectivity index (χ1) is 8.63. The Hall–Kier alpha value is -1.77. The lowest BCUT2D eigenvalue weighted by Gasteiger charge is -2.02. The quantitative estimate of drug-likeness (QED) is 0.882. The van der Waals surface area contributed by atoms with Gasteiger partial charge in [0, 0.05) is 11.3 Å². The van der Waals surface area contributed by atoms with E-state index >= 15 is 0 Å². The minimum Gasteiger partial charge on any atom is -0.295 e. The van der Waals surface area contributed by atoms with Crippen LogP contribution in [0.15, 0.2) is 35.1 Å². The molecule has 0 aliphatic heterocycles. The van der Waals surface area contributed by atoms with E-state index in [9.17, 15) is 4.79 Å². The van der Waals surface area contributed by atoms with Crippen LogP contribution in [0.25, 0.3) is 5.69 Å². The smallest absolute Gasteiger partial charge is 0.274 e. The van der Waals surface area contributed by atoms with Crippen molar-refractivity contribution in [3.8, 4) is 5.69 Å².